The molecule has 0 aromatic heterocycles. The molecule has 0 fully saturated rings. The second kappa shape index (κ2) is 5.56. The highest BCUT2D eigenvalue weighted by atomic mass is 35.5. The van der Waals surface area contributed by atoms with E-state index >= 15 is 0 Å². The Balaban J connectivity index is 2.87. The molecule has 16 heavy (non-hydrogen) atoms. The summed E-state index contributed by atoms with van der Waals surface area (Å²) in [6.45, 7) is 6.06. The molecule has 4 heteroatoms. The zero-order valence-electron chi connectivity index (χ0n) is 9.00. The molecule has 0 saturated carbocycles. The molecule has 0 bridgehead atoms. The third-order valence-corrected chi connectivity index (χ3v) is 2.34. The molecule has 0 amide bonds. The van der Waals surface area contributed by atoms with Gasteiger partial charge in [-0.15, -0.1) is 0 Å². The summed E-state index contributed by atoms with van der Waals surface area (Å²) in [6, 6.07) is 4.51. The number of ether oxygens (including phenoxy) is 1. The van der Waals surface area contributed by atoms with E-state index in [4.69, 9.17) is 21.4 Å². The van der Waals surface area contributed by atoms with Gasteiger partial charge in [-0.3, -0.25) is 0 Å². The van der Waals surface area contributed by atoms with Crippen LogP contribution in [0.1, 0.15) is 23.7 Å². The molecular weight excluding hydrogens is 228 g/mol. The summed E-state index contributed by atoms with van der Waals surface area (Å²) < 4.78 is 5.37. The van der Waals surface area contributed by atoms with E-state index in [1.54, 1.807) is 12.1 Å². The van der Waals surface area contributed by atoms with Crippen molar-refractivity contribution in [1.29, 1.82) is 0 Å². The fraction of sp³-hybridized carbons (Fsp3) is 0.250. The van der Waals surface area contributed by atoms with Crippen LogP contribution in [0.4, 0.5) is 0 Å². The Morgan fingerprint density at radius 2 is 2.25 bits per heavy atom. The van der Waals surface area contributed by atoms with Gasteiger partial charge in [-0.25, -0.2) is 4.79 Å². The lowest BCUT2D eigenvalue weighted by molar-refractivity contribution is 0.0692. The second-order valence-electron chi connectivity index (χ2n) is 3.34. The van der Waals surface area contributed by atoms with Gasteiger partial charge in [0.15, 0.2) is 0 Å². The van der Waals surface area contributed by atoms with Gasteiger partial charge >= 0.3 is 5.97 Å². The maximum absolute atomic E-state index is 10.9. The molecule has 0 aliphatic carbocycles. The SMILES string of the molecule is C=C(CC)COc1ccc(Cl)cc1C(=O)O. The number of carboxylic acid groups (broad SMARTS) is 1. The van der Waals surface area contributed by atoms with Crippen LogP contribution in [0.2, 0.25) is 5.02 Å². The van der Waals surface area contributed by atoms with Crippen LogP contribution in [0.5, 0.6) is 5.75 Å². The number of rotatable bonds is 5. The monoisotopic (exact) mass is 240 g/mol. The molecule has 0 saturated heterocycles. The Morgan fingerprint density at radius 3 is 2.81 bits per heavy atom. The van der Waals surface area contributed by atoms with E-state index in [2.05, 4.69) is 6.58 Å². The van der Waals surface area contributed by atoms with Gasteiger partial charge in [0, 0.05) is 5.02 Å². The summed E-state index contributed by atoms with van der Waals surface area (Å²) in [5, 5.41) is 9.33. The fourth-order valence-electron chi connectivity index (χ4n) is 1.08. The van der Waals surface area contributed by atoms with E-state index < -0.39 is 5.97 Å². The number of carbonyl (C=O) groups is 1. The largest absolute Gasteiger partial charge is 0.488 e. The van der Waals surface area contributed by atoms with Gasteiger partial charge in [-0.2, -0.15) is 0 Å². The first-order valence-electron chi connectivity index (χ1n) is 4.87. The van der Waals surface area contributed by atoms with E-state index in [0.29, 0.717) is 17.4 Å². The number of halogens is 1. The Morgan fingerprint density at radius 1 is 1.56 bits per heavy atom. The van der Waals surface area contributed by atoms with Crippen molar-refractivity contribution in [2.24, 2.45) is 0 Å². The first-order valence-corrected chi connectivity index (χ1v) is 5.24. The quantitative estimate of drug-likeness (QED) is 0.803. The lowest BCUT2D eigenvalue weighted by Crippen LogP contribution is -2.05. The predicted octanol–water partition coefficient (Wildman–Crippen LogP) is 3.38. The summed E-state index contributed by atoms with van der Waals surface area (Å²) in [4.78, 5) is 10.9. The highest BCUT2D eigenvalue weighted by Gasteiger charge is 2.11. The molecule has 0 aliphatic heterocycles. The third kappa shape index (κ3) is 3.28. The molecule has 86 valence electrons. The maximum atomic E-state index is 10.9. The normalized spacial score (nSPS) is 9.88. The van der Waals surface area contributed by atoms with Crippen molar-refractivity contribution in [3.63, 3.8) is 0 Å². The molecule has 1 aromatic carbocycles. The minimum absolute atomic E-state index is 0.0661. The number of carboxylic acids is 1. The smallest absolute Gasteiger partial charge is 0.339 e. The van der Waals surface area contributed by atoms with Crippen molar-refractivity contribution in [3.05, 3.63) is 40.9 Å². The first kappa shape index (κ1) is 12.6. The van der Waals surface area contributed by atoms with Gasteiger partial charge in [-0.1, -0.05) is 25.1 Å². The molecule has 1 N–H and O–H groups in total. The highest BCUT2D eigenvalue weighted by Crippen LogP contribution is 2.23. The molecule has 0 spiro atoms. The van der Waals surface area contributed by atoms with Crippen molar-refractivity contribution < 1.29 is 14.6 Å². The average Bonchev–Trinajstić information content (AvgIpc) is 2.26. The van der Waals surface area contributed by atoms with Crippen molar-refractivity contribution in [2.75, 3.05) is 6.61 Å². The fourth-order valence-corrected chi connectivity index (χ4v) is 1.25. The molecule has 1 aromatic rings. The van der Waals surface area contributed by atoms with Crippen LogP contribution in [0, 0.1) is 0 Å². The van der Waals surface area contributed by atoms with Gasteiger partial charge in [0.2, 0.25) is 0 Å². The average molecular weight is 241 g/mol. The number of hydrogen-bond acceptors (Lipinski definition) is 2. The predicted molar refractivity (Wildman–Crippen MR) is 63.3 cm³/mol. The van der Waals surface area contributed by atoms with Crippen molar-refractivity contribution >= 4 is 17.6 Å². The van der Waals surface area contributed by atoms with Crippen molar-refractivity contribution in [2.45, 2.75) is 13.3 Å². The Labute approximate surface area is 99.3 Å². The van der Waals surface area contributed by atoms with Crippen LogP contribution < -0.4 is 4.74 Å². The molecule has 0 unspecified atom stereocenters. The van der Waals surface area contributed by atoms with Gasteiger partial charge in [0.05, 0.1) is 0 Å². The van der Waals surface area contributed by atoms with E-state index in [1.807, 2.05) is 6.92 Å². The topological polar surface area (TPSA) is 46.5 Å². The van der Waals surface area contributed by atoms with Crippen LogP contribution >= 0.6 is 11.6 Å². The van der Waals surface area contributed by atoms with Crippen LogP contribution in [0.3, 0.4) is 0 Å². The van der Waals surface area contributed by atoms with E-state index in [9.17, 15) is 4.79 Å². The Kier molecular flexibility index (Phi) is 4.38. The van der Waals surface area contributed by atoms with Gasteiger partial charge in [0.1, 0.15) is 17.9 Å². The standard InChI is InChI=1S/C12H13ClO3/c1-3-8(2)7-16-11-5-4-9(13)6-10(11)12(14)15/h4-6H,2-3,7H2,1H3,(H,14,15). The summed E-state index contributed by atoms with van der Waals surface area (Å²) in [6.07, 6.45) is 0.802. The van der Waals surface area contributed by atoms with Gasteiger partial charge < -0.3 is 9.84 Å². The van der Waals surface area contributed by atoms with Crippen LogP contribution in [-0.4, -0.2) is 17.7 Å². The number of aromatic carboxylic acids is 1. The van der Waals surface area contributed by atoms with Gasteiger partial charge in [0.25, 0.3) is 0 Å². The molecule has 0 atom stereocenters. The van der Waals surface area contributed by atoms with Crippen molar-refractivity contribution in [1.82, 2.24) is 0 Å². The Hall–Kier alpha value is -1.48. The highest BCUT2D eigenvalue weighted by molar-refractivity contribution is 6.31. The lowest BCUT2D eigenvalue weighted by atomic mass is 10.2. The number of benzene rings is 1. The second-order valence-corrected chi connectivity index (χ2v) is 3.77. The molecule has 3 nitrogen and oxygen atoms in total. The summed E-state index contributed by atoms with van der Waals surface area (Å²) in [5.41, 5.74) is 0.975. The zero-order valence-corrected chi connectivity index (χ0v) is 9.75. The van der Waals surface area contributed by atoms with Crippen LogP contribution in [-0.2, 0) is 0 Å². The first-order chi connectivity index (χ1) is 7.54. The molecule has 0 heterocycles. The van der Waals surface area contributed by atoms with E-state index in [0.717, 1.165) is 12.0 Å². The minimum Gasteiger partial charge on any atom is -0.488 e. The van der Waals surface area contributed by atoms with E-state index in [1.165, 1.54) is 6.07 Å². The molecule has 0 aliphatic rings. The number of hydrogen-bond donors (Lipinski definition) is 1. The summed E-state index contributed by atoms with van der Waals surface area (Å²) in [7, 11) is 0. The summed E-state index contributed by atoms with van der Waals surface area (Å²) in [5.74, 6) is -0.744. The molecule has 1 rings (SSSR count). The third-order valence-electron chi connectivity index (χ3n) is 2.10. The van der Waals surface area contributed by atoms with Crippen LogP contribution in [0.25, 0.3) is 0 Å². The maximum Gasteiger partial charge on any atom is 0.339 e. The Bertz CT molecular complexity index is 413. The van der Waals surface area contributed by atoms with Crippen LogP contribution in [0.15, 0.2) is 30.4 Å². The van der Waals surface area contributed by atoms with E-state index in [-0.39, 0.29) is 5.56 Å². The molecular formula is C12H13ClO3. The van der Waals surface area contributed by atoms with Crippen molar-refractivity contribution in [3.8, 4) is 5.75 Å². The summed E-state index contributed by atoms with van der Waals surface area (Å²) >= 11 is 5.71. The lowest BCUT2D eigenvalue weighted by Gasteiger charge is -2.10. The van der Waals surface area contributed by atoms with Gasteiger partial charge in [-0.05, 0) is 30.2 Å². The molecule has 0 radical (unpaired) electrons. The minimum atomic E-state index is -1.06. The zero-order chi connectivity index (χ0) is 12.1.